The van der Waals surface area contributed by atoms with Crippen LogP contribution < -0.4 is 5.32 Å². The number of benzene rings is 2. The molecule has 2 aliphatic rings. The molecule has 4 rings (SSSR count). The molecule has 1 N–H and O–H groups in total. The van der Waals surface area contributed by atoms with Crippen molar-refractivity contribution >= 4 is 58.4 Å². The lowest BCUT2D eigenvalue weighted by atomic mass is 10.1. The Bertz CT molecular complexity index is 1060. The van der Waals surface area contributed by atoms with Crippen molar-refractivity contribution in [2.45, 2.75) is 26.4 Å². The number of hydrogen-bond acceptors (Lipinski definition) is 5. The van der Waals surface area contributed by atoms with Crippen molar-refractivity contribution in [2.24, 2.45) is 0 Å². The second kappa shape index (κ2) is 9.43. The molecule has 3 amide bonds. The van der Waals surface area contributed by atoms with Crippen LogP contribution in [0.15, 0.2) is 30.3 Å². The summed E-state index contributed by atoms with van der Waals surface area (Å²) in [5.41, 5.74) is 3.08. The average molecular weight is 492 g/mol. The van der Waals surface area contributed by atoms with Crippen LogP contribution in [0.25, 0.3) is 0 Å². The van der Waals surface area contributed by atoms with E-state index in [1.807, 2.05) is 30.8 Å². The summed E-state index contributed by atoms with van der Waals surface area (Å²) in [7, 11) is 0. The van der Waals surface area contributed by atoms with Crippen LogP contribution in [-0.4, -0.2) is 58.2 Å². The van der Waals surface area contributed by atoms with Crippen LogP contribution in [0.2, 0.25) is 10.0 Å². The highest BCUT2D eigenvalue weighted by atomic mass is 35.5. The van der Waals surface area contributed by atoms with Gasteiger partial charge in [0.05, 0.1) is 21.2 Å². The lowest BCUT2D eigenvalue weighted by molar-refractivity contribution is -0.119. The Kier molecular flexibility index (Phi) is 6.81. The van der Waals surface area contributed by atoms with E-state index in [2.05, 4.69) is 16.3 Å². The Morgan fingerprint density at radius 2 is 1.66 bits per heavy atom. The highest BCUT2D eigenvalue weighted by Gasteiger charge is 2.41. The fourth-order valence-corrected chi connectivity index (χ4v) is 5.25. The molecule has 0 aliphatic carbocycles. The Labute approximate surface area is 201 Å². The first-order valence-corrected chi connectivity index (χ1v) is 12.2. The van der Waals surface area contributed by atoms with Gasteiger partial charge in [0.25, 0.3) is 11.8 Å². The van der Waals surface area contributed by atoms with Crippen LogP contribution in [0.5, 0.6) is 0 Å². The van der Waals surface area contributed by atoms with E-state index in [1.54, 1.807) is 0 Å². The summed E-state index contributed by atoms with van der Waals surface area (Å²) in [5, 5.41) is 3.22. The molecule has 9 heteroatoms. The van der Waals surface area contributed by atoms with Gasteiger partial charge in [0, 0.05) is 36.8 Å². The predicted molar refractivity (Wildman–Crippen MR) is 129 cm³/mol. The zero-order valence-electron chi connectivity index (χ0n) is 17.8. The zero-order chi connectivity index (χ0) is 23.0. The third-order valence-electron chi connectivity index (χ3n) is 5.78. The summed E-state index contributed by atoms with van der Waals surface area (Å²) in [6, 6.07) is 7.68. The van der Waals surface area contributed by atoms with Gasteiger partial charge in [-0.3, -0.25) is 24.2 Å². The molecule has 32 heavy (non-hydrogen) atoms. The standard InChI is InChI=1S/C23H23Cl2N3O3S/c1-13-9-15(12-27-5-7-32-8-6-27)3-4-20(13)26-21(29)14(2)28-22(30)16-10-18(24)19(25)11-17(16)23(28)31/h3-4,9-11,14H,5-8,12H2,1-2H3,(H,26,29). The molecular formula is C23H23Cl2N3O3S. The van der Waals surface area contributed by atoms with Crippen molar-refractivity contribution in [1.29, 1.82) is 0 Å². The maximum atomic E-state index is 12.9. The first-order chi connectivity index (χ1) is 15.3. The maximum absolute atomic E-state index is 12.9. The summed E-state index contributed by atoms with van der Waals surface area (Å²) in [5.74, 6) is 0.749. The molecule has 1 saturated heterocycles. The molecule has 2 aromatic rings. The van der Waals surface area contributed by atoms with E-state index in [-0.39, 0.29) is 21.2 Å². The summed E-state index contributed by atoms with van der Waals surface area (Å²) in [6.07, 6.45) is 0. The summed E-state index contributed by atoms with van der Waals surface area (Å²) in [6.45, 7) is 6.50. The van der Waals surface area contributed by atoms with Gasteiger partial charge < -0.3 is 5.32 Å². The lowest BCUT2D eigenvalue weighted by Gasteiger charge is -2.26. The molecule has 1 atom stereocenters. The number of hydrogen-bond donors (Lipinski definition) is 1. The number of anilines is 1. The Morgan fingerprint density at radius 3 is 2.22 bits per heavy atom. The van der Waals surface area contributed by atoms with E-state index in [1.165, 1.54) is 24.6 Å². The van der Waals surface area contributed by atoms with Crippen LogP contribution in [0, 0.1) is 6.92 Å². The molecule has 0 aromatic heterocycles. The molecule has 168 valence electrons. The number of carbonyl (C=O) groups is 3. The lowest BCUT2D eigenvalue weighted by Crippen LogP contribution is -2.45. The molecule has 1 fully saturated rings. The molecule has 2 heterocycles. The molecule has 0 bridgehead atoms. The van der Waals surface area contributed by atoms with Gasteiger partial charge in [-0.2, -0.15) is 11.8 Å². The Morgan fingerprint density at radius 1 is 1.06 bits per heavy atom. The van der Waals surface area contributed by atoms with Crippen LogP contribution in [0.3, 0.4) is 0 Å². The third kappa shape index (κ3) is 4.53. The zero-order valence-corrected chi connectivity index (χ0v) is 20.1. The fourth-order valence-electron chi connectivity index (χ4n) is 3.94. The van der Waals surface area contributed by atoms with E-state index in [0.29, 0.717) is 5.69 Å². The largest absolute Gasteiger partial charge is 0.324 e. The number of halogens is 2. The van der Waals surface area contributed by atoms with Gasteiger partial charge in [0.15, 0.2) is 0 Å². The fraction of sp³-hybridized carbons (Fsp3) is 0.348. The smallest absolute Gasteiger partial charge is 0.262 e. The minimum atomic E-state index is -0.995. The van der Waals surface area contributed by atoms with Gasteiger partial charge in [-0.1, -0.05) is 35.3 Å². The van der Waals surface area contributed by atoms with Crippen LogP contribution in [0.1, 0.15) is 38.8 Å². The number of rotatable bonds is 5. The first kappa shape index (κ1) is 23.1. The summed E-state index contributed by atoms with van der Waals surface area (Å²) in [4.78, 5) is 41.9. The van der Waals surface area contributed by atoms with E-state index in [4.69, 9.17) is 23.2 Å². The predicted octanol–water partition coefficient (Wildman–Crippen LogP) is 4.47. The number of carbonyl (C=O) groups excluding carboxylic acids is 3. The SMILES string of the molecule is Cc1cc(CN2CCSCC2)ccc1NC(=O)C(C)N1C(=O)c2cc(Cl)c(Cl)cc2C1=O. The molecule has 2 aromatic carbocycles. The maximum Gasteiger partial charge on any atom is 0.262 e. The van der Waals surface area contributed by atoms with Crippen molar-refractivity contribution in [1.82, 2.24) is 9.80 Å². The second-order valence-corrected chi connectivity index (χ2v) is 10.0. The average Bonchev–Trinajstić information content (AvgIpc) is 3.00. The normalized spacial score (nSPS) is 17.4. The van der Waals surface area contributed by atoms with Crippen molar-refractivity contribution < 1.29 is 14.4 Å². The van der Waals surface area contributed by atoms with Gasteiger partial charge in [-0.05, 0) is 43.2 Å². The topological polar surface area (TPSA) is 69.7 Å². The van der Waals surface area contributed by atoms with Crippen molar-refractivity contribution in [3.63, 3.8) is 0 Å². The molecule has 0 spiro atoms. The van der Waals surface area contributed by atoms with Crippen molar-refractivity contribution in [3.05, 3.63) is 62.6 Å². The Balaban J connectivity index is 1.45. The first-order valence-electron chi connectivity index (χ1n) is 10.3. The number of thioether (sulfide) groups is 1. The van der Waals surface area contributed by atoms with Gasteiger partial charge >= 0.3 is 0 Å². The van der Waals surface area contributed by atoms with Crippen LogP contribution in [-0.2, 0) is 11.3 Å². The molecule has 1 unspecified atom stereocenters. The molecule has 0 radical (unpaired) electrons. The number of nitrogens with zero attached hydrogens (tertiary/aromatic N) is 2. The van der Waals surface area contributed by atoms with Crippen LogP contribution in [0.4, 0.5) is 5.69 Å². The van der Waals surface area contributed by atoms with E-state index < -0.39 is 23.8 Å². The number of amides is 3. The van der Waals surface area contributed by atoms with E-state index >= 15 is 0 Å². The summed E-state index contributed by atoms with van der Waals surface area (Å²) >= 11 is 14.0. The molecular weight excluding hydrogens is 469 g/mol. The van der Waals surface area contributed by atoms with Gasteiger partial charge in [-0.25, -0.2) is 0 Å². The van der Waals surface area contributed by atoms with E-state index in [9.17, 15) is 14.4 Å². The quantitative estimate of drug-likeness (QED) is 0.624. The van der Waals surface area contributed by atoms with Gasteiger partial charge in [-0.15, -0.1) is 0 Å². The molecule has 6 nitrogen and oxygen atoms in total. The number of aryl methyl sites for hydroxylation is 1. The van der Waals surface area contributed by atoms with Crippen molar-refractivity contribution in [2.75, 3.05) is 29.9 Å². The minimum Gasteiger partial charge on any atom is -0.324 e. The number of imide groups is 1. The van der Waals surface area contributed by atoms with Crippen molar-refractivity contribution in [3.8, 4) is 0 Å². The van der Waals surface area contributed by atoms with E-state index in [0.717, 1.165) is 41.6 Å². The van der Waals surface area contributed by atoms with Gasteiger partial charge in [0.2, 0.25) is 5.91 Å². The number of nitrogens with one attached hydrogen (secondary N) is 1. The minimum absolute atomic E-state index is 0.153. The third-order valence-corrected chi connectivity index (χ3v) is 7.45. The monoisotopic (exact) mass is 491 g/mol. The number of fused-ring (bicyclic) bond motifs is 1. The molecule has 0 saturated carbocycles. The summed E-state index contributed by atoms with van der Waals surface area (Å²) < 4.78 is 0. The second-order valence-electron chi connectivity index (χ2n) is 8.00. The van der Waals surface area contributed by atoms with Crippen LogP contribution >= 0.6 is 35.0 Å². The highest BCUT2D eigenvalue weighted by molar-refractivity contribution is 7.99. The Hall–Kier alpha value is -2.06. The van der Waals surface area contributed by atoms with Gasteiger partial charge in [0.1, 0.15) is 6.04 Å². The molecule has 2 aliphatic heterocycles. The highest BCUT2D eigenvalue weighted by Crippen LogP contribution is 2.32.